The third kappa shape index (κ3) is 3.67. The summed E-state index contributed by atoms with van der Waals surface area (Å²) in [7, 11) is 0. The zero-order chi connectivity index (χ0) is 12.0. The summed E-state index contributed by atoms with van der Waals surface area (Å²) in [6.07, 6.45) is 0. The van der Waals surface area contributed by atoms with Gasteiger partial charge in [0.05, 0.1) is 25.8 Å². The number of carbonyl (C=O) groups excluding carboxylic acids is 1. The molecule has 0 aromatic heterocycles. The maximum Gasteiger partial charge on any atom is 0.239 e. The van der Waals surface area contributed by atoms with Crippen LogP contribution >= 0.6 is 0 Å². The fraction of sp³-hybridized carbons (Fsp3) is 0.778. The smallest absolute Gasteiger partial charge is 0.239 e. The van der Waals surface area contributed by atoms with Gasteiger partial charge in [0.15, 0.2) is 5.84 Å². The number of carbonyl (C=O) groups is 1. The normalized spacial score (nSPS) is 19.6. The van der Waals surface area contributed by atoms with Crippen molar-refractivity contribution in [1.82, 2.24) is 10.2 Å². The van der Waals surface area contributed by atoms with Gasteiger partial charge < -0.3 is 20.6 Å². The van der Waals surface area contributed by atoms with Crippen LogP contribution in [-0.2, 0) is 9.53 Å². The number of oxime groups is 1. The van der Waals surface area contributed by atoms with E-state index in [1.165, 1.54) is 0 Å². The summed E-state index contributed by atoms with van der Waals surface area (Å²) in [5.74, 6) is 0.0654. The van der Waals surface area contributed by atoms with Gasteiger partial charge in [0.1, 0.15) is 0 Å². The first-order valence-electron chi connectivity index (χ1n) is 5.21. The molecule has 1 amide bonds. The highest BCUT2D eigenvalue weighted by molar-refractivity contribution is 5.84. The molecule has 1 saturated heterocycles. The second-order valence-electron chi connectivity index (χ2n) is 3.63. The van der Waals surface area contributed by atoms with E-state index in [-0.39, 0.29) is 24.3 Å². The van der Waals surface area contributed by atoms with Crippen LogP contribution in [0.5, 0.6) is 0 Å². The molecule has 0 aliphatic carbocycles. The highest BCUT2D eigenvalue weighted by Crippen LogP contribution is 2.00. The van der Waals surface area contributed by atoms with Crippen LogP contribution in [0.25, 0.3) is 0 Å². The summed E-state index contributed by atoms with van der Waals surface area (Å²) < 4.78 is 5.16. The largest absolute Gasteiger partial charge is 0.409 e. The third-order valence-electron chi connectivity index (χ3n) is 2.41. The summed E-state index contributed by atoms with van der Waals surface area (Å²) in [6, 6.07) is -0.349. The van der Waals surface area contributed by atoms with Gasteiger partial charge in [-0.1, -0.05) is 5.16 Å². The monoisotopic (exact) mass is 230 g/mol. The van der Waals surface area contributed by atoms with Crippen molar-refractivity contribution >= 4 is 11.7 Å². The van der Waals surface area contributed by atoms with E-state index in [1.54, 1.807) is 11.8 Å². The first kappa shape index (κ1) is 12.7. The average molecular weight is 230 g/mol. The molecular formula is C9H18N4O3. The van der Waals surface area contributed by atoms with Crippen molar-refractivity contribution < 1.29 is 14.7 Å². The van der Waals surface area contributed by atoms with E-state index in [1.807, 2.05) is 0 Å². The molecule has 0 radical (unpaired) electrons. The number of hydrogen-bond acceptors (Lipinski definition) is 5. The standard InChI is InChI=1S/C9H18N4O3/c1-7(11-6-8(10)12-15)9(14)13-2-4-16-5-3-13/h7,11,15H,2-6H2,1H3,(H2,10,12). The lowest BCUT2D eigenvalue weighted by Crippen LogP contribution is -2.50. The third-order valence-corrected chi connectivity index (χ3v) is 2.41. The molecule has 1 heterocycles. The molecule has 0 spiro atoms. The van der Waals surface area contributed by atoms with E-state index in [2.05, 4.69) is 10.5 Å². The van der Waals surface area contributed by atoms with Crippen molar-refractivity contribution in [1.29, 1.82) is 0 Å². The summed E-state index contributed by atoms with van der Waals surface area (Å²) in [5.41, 5.74) is 5.29. The molecule has 0 aromatic carbocycles. The van der Waals surface area contributed by atoms with Crippen LogP contribution in [0, 0.1) is 0 Å². The number of hydrogen-bond donors (Lipinski definition) is 3. The minimum atomic E-state index is -0.349. The molecule has 1 aliphatic rings. The Kier molecular flexibility index (Phi) is 5.00. The lowest BCUT2D eigenvalue weighted by atomic mass is 10.2. The van der Waals surface area contributed by atoms with Gasteiger partial charge in [-0.25, -0.2) is 0 Å². The molecule has 1 fully saturated rings. The fourth-order valence-electron chi connectivity index (χ4n) is 1.44. The van der Waals surface area contributed by atoms with Crippen molar-refractivity contribution in [3.63, 3.8) is 0 Å². The summed E-state index contributed by atoms with van der Waals surface area (Å²) in [5, 5.41) is 14.0. The Morgan fingerprint density at radius 3 is 2.81 bits per heavy atom. The van der Waals surface area contributed by atoms with Gasteiger partial charge in [-0.2, -0.15) is 0 Å². The van der Waals surface area contributed by atoms with Crippen LogP contribution in [0.1, 0.15) is 6.92 Å². The minimum Gasteiger partial charge on any atom is -0.409 e. The Morgan fingerprint density at radius 2 is 2.25 bits per heavy atom. The molecule has 0 bridgehead atoms. The molecule has 1 aliphatic heterocycles. The van der Waals surface area contributed by atoms with Crippen LogP contribution in [0.15, 0.2) is 5.16 Å². The topological polar surface area (TPSA) is 100 Å². The van der Waals surface area contributed by atoms with Crippen LogP contribution in [0.3, 0.4) is 0 Å². The van der Waals surface area contributed by atoms with Crippen molar-refractivity contribution in [2.75, 3.05) is 32.8 Å². The Bertz CT molecular complexity index is 263. The number of amidine groups is 1. The lowest BCUT2D eigenvalue weighted by molar-refractivity contribution is -0.137. The second kappa shape index (κ2) is 6.29. The average Bonchev–Trinajstić information content (AvgIpc) is 2.35. The second-order valence-corrected chi connectivity index (χ2v) is 3.63. The van der Waals surface area contributed by atoms with Gasteiger partial charge in [0, 0.05) is 13.1 Å². The maximum absolute atomic E-state index is 11.9. The Balaban J connectivity index is 2.34. The van der Waals surface area contributed by atoms with E-state index in [0.717, 1.165) is 0 Å². The number of nitrogens with two attached hydrogens (primary N) is 1. The number of morpholine rings is 1. The van der Waals surface area contributed by atoms with E-state index in [9.17, 15) is 4.79 Å². The van der Waals surface area contributed by atoms with Crippen LogP contribution in [0.2, 0.25) is 0 Å². The van der Waals surface area contributed by atoms with E-state index < -0.39 is 0 Å². The molecule has 16 heavy (non-hydrogen) atoms. The van der Waals surface area contributed by atoms with E-state index in [4.69, 9.17) is 15.7 Å². The summed E-state index contributed by atoms with van der Waals surface area (Å²) in [6.45, 7) is 4.34. The predicted molar refractivity (Wildman–Crippen MR) is 58.3 cm³/mol. The molecular weight excluding hydrogens is 212 g/mol. The van der Waals surface area contributed by atoms with E-state index in [0.29, 0.717) is 26.3 Å². The Labute approximate surface area is 94.2 Å². The van der Waals surface area contributed by atoms with Crippen molar-refractivity contribution in [3.8, 4) is 0 Å². The molecule has 7 nitrogen and oxygen atoms in total. The number of ether oxygens (including phenoxy) is 1. The maximum atomic E-state index is 11.9. The molecule has 92 valence electrons. The molecule has 1 atom stereocenters. The highest BCUT2D eigenvalue weighted by Gasteiger charge is 2.21. The van der Waals surface area contributed by atoms with Gasteiger partial charge >= 0.3 is 0 Å². The Hall–Kier alpha value is -1.34. The van der Waals surface area contributed by atoms with Gasteiger partial charge in [0.25, 0.3) is 0 Å². The predicted octanol–water partition coefficient (Wildman–Crippen LogP) is -1.43. The SMILES string of the molecule is CC(NCC(N)=NO)C(=O)N1CCOCC1. The highest BCUT2D eigenvalue weighted by atomic mass is 16.5. The van der Waals surface area contributed by atoms with Crippen molar-refractivity contribution in [2.45, 2.75) is 13.0 Å². The van der Waals surface area contributed by atoms with Crippen LogP contribution in [-0.4, -0.2) is 60.7 Å². The lowest BCUT2D eigenvalue weighted by Gasteiger charge is -2.29. The number of nitrogens with zero attached hydrogens (tertiary/aromatic N) is 2. The van der Waals surface area contributed by atoms with Crippen LogP contribution < -0.4 is 11.1 Å². The molecule has 0 aromatic rings. The fourth-order valence-corrected chi connectivity index (χ4v) is 1.44. The molecule has 0 saturated carbocycles. The minimum absolute atomic E-state index is 0.00837. The molecule has 1 rings (SSSR count). The van der Waals surface area contributed by atoms with Crippen molar-refractivity contribution in [3.05, 3.63) is 0 Å². The molecule has 4 N–H and O–H groups in total. The van der Waals surface area contributed by atoms with E-state index >= 15 is 0 Å². The number of nitrogens with one attached hydrogen (secondary N) is 1. The first-order chi connectivity index (χ1) is 7.65. The van der Waals surface area contributed by atoms with Crippen LogP contribution in [0.4, 0.5) is 0 Å². The molecule has 1 unspecified atom stereocenters. The van der Waals surface area contributed by atoms with Gasteiger partial charge in [-0.15, -0.1) is 0 Å². The summed E-state index contributed by atoms with van der Waals surface area (Å²) in [4.78, 5) is 13.6. The first-order valence-corrected chi connectivity index (χ1v) is 5.21. The van der Waals surface area contributed by atoms with Gasteiger partial charge in [-0.3, -0.25) is 10.1 Å². The zero-order valence-corrected chi connectivity index (χ0v) is 9.35. The van der Waals surface area contributed by atoms with Crippen molar-refractivity contribution in [2.24, 2.45) is 10.9 Å². The number of rotatable bonds is 4. The van der Waals surface area contributed by atoms with Gasteiger partial charge in [0.2, 0.25) is 5.91 Å². The van der Waals surface area contributed by atoms with Gasteiger partial charge in [-0.05, 0) is 6.92 Å². The molecule has 7 heteroatoms. The quantitative estimate of drug-likeness (QED) is 0.238. The number of amides is 1. The zero-order valence-electron chi connectivity index (χ0n) is 9.35. The Morgan fingerprint density at radius 1 is 1.62 bits per heavy atom. The summed E-state index contributed by atoms with van der Waals surface area (Å²) >= 11 is 0.